The van der Waals surface area contributed by atoms with E-state index in [1.807, 2.05) is 60.9 Å². The van der Waals surface area contributed by atoms with Crippen LogP contribution in [-0.2, 0) is 12.4 Å². The molecule has 10 heteroatoms. The van der Waals surface area contributed by atoms with Gasteiger partial charge < -0.3 is 13.9 Å². The largest absolute Gasteiger partial charge is 0.494 e. The second kappa shape index (κ2) is 10.1. The SMILES string of the molecule is CCOc1ccc(OCc2nnc(SCc3nnc(C)o3)n2-c2ccc(C)c(Cl)c2)cc1. The molecular formula is C22H22ClN5O3S. The predicted molar refractivity (Wildman–Crippen MR) is 122 cm³/mol. The Morgan fingerprint density at radius 2 is 1.72 bits per heavy atom. The monoisotopic (exact) mass is 471 g/mol. The molecule has 0 radical (unpaired) electrons. The van der Waals surface area contributed by atoms with Gasteiger partial charge in [-0.3, -0.25) is 4.57 Å². The molecule has 0 spiro atoms. The highest BCUT2D eigenvalue weighted by atomic mass is 35.5. The lowest BCUT2D eigenvalue weighted by Gasteiger charge is -2.12. The van der Waals surface area contributed by atoms with Crippen molar-refractivity contribution in [3.05, 3.63) is 70.7 Å². The van der Waals surface area contributed by atoms with Crippen LogP contribution >= 0.6 is 23.4 Å². The number of rotatable bonds is 9. The minimum Gasteiger partial charge on any atom is -0.494 e. The molecule has 2 heterocycles. The van der Waals surface area contributed by atoms with E-state index in [1.54, 1.807) is 6.92 Å². The van der Waals surface area contributed by atoms with Crippen LogP contribution in [0, 0.1) is 13.8 Å². The molecule has 4 rings (SSSR count). The number of aromatic nitrogens is 5. The van der Waals surface area contributed by atoms with E-state index in [9.17, 15) is 0 Å². The molecule has 0 aliphatic heterocycles. The van der Waals surface area contributed by atoms with Gasteiger partial charge in [-0.1, -0.05) is 29.4 Å². The minimum absolute atomic E-state index is 0.229. The molecule has 0 atom stereocenters. The normalized spacial score (nSPS) is 11.0. The predicted octanol–water partition coefficient (Wildman–Crippen LogP) is 5.19. The lowest BCUT2D eigenvalue weighted by molar-refractivity contribution is 0.291. The Balaban J connectivity index is 1.57. The van der Waals surface area contributed by atoms with Crippen molar-refractivity contribution in [1.82, 2.24) is 25.0 Å². The molecule has 0 fully saturated rings. The van der Waals surface area contributed by atoms with E-state index < -0.39 is 0 Å². The summed E-state index contributed by atoms with van der Waals surface area (Å²) >= 11 is 7.83. The summed E-state index contributed by atoms with van der Waals surface area (Å²) in [5, 5.41) is 18.0. The van der Waals surface area contributed by atoms with E-state index in [0.717, 1.165) is 17.0 Å². The fourth-order valence-electron chi connectivity index (χ4n) is 2.94. The fourth-order valence-corrected chi connectivity index (χ4v) is 3.92. The average Bonchev–Trinajstić information content (AvgIpc) is 3.39. The Morgan fingerprint density at radius 3 is 2.38 bits per heavy atom. The van der Waals surface area contributed by atoms with E-state index in [0.29, 0.717) is 45.9 Å². The summed E-state index contributed by atoms with van der Waals surface area (Å²) in [5.41, 5.74) is 1.84. The number of hydrogen-bond donors (Lipinski definition) is 0. The Bertz CT molecular complexity index is 1190. The van der Waals surface area contributed by atoms with Gasteiger partial charge in [0.15, 0.2) is 11.0 Å². The van der Waals surface area contributed by atoms with Gasteiger partial charge in [-0.15, -0.1) is 20.4 Å². The molecular weight excluding hydrogens is 450 g/mol. The molecule has 0 bridgehead atoms. The van der Waals surface area contributed by atoms with E-state index in [-0.39, 0.29) is 6.61 Å². The Labute approximate surface area is 194 Å². The third-order valence-corrected chi connectivity index (χ3v) is 5.83. The summed E-state index contributed by atoms with van der Waals surface area (Å²) in [4.78, 5) is 0. The lowest BCUT2D eigenvalue weighted by atomic mass is 10.2. The van der Waals surface area contributed by atoms with Crippen molar-refractivity contribution < 1.29 is 13.9 Å². The second-order valence-electron chi connectivity index (χ2n) is 6.86. The molecule has 2 aromatic heterocycles. The van der Waals surface area contributed by atoms with E-state index in [1.165, 1.54) is 11.8 Å². The van der Waals surface area contributed by atoms with Crippen molar-refractivity contribution in [3.63, 3.8) is 0 Å². The first-order chi connectivity index (χ1) is 15.5. The number of halogens is 1. The summed E-state index contributed by atoms with van der Waals surface area (Å²) in [6, 6.07) is 13.3. The van der Waals surface area contributed by atoms with Gasteiger partial charge in [0.2, 0.25) is 11.8 Å². The molecule has 8 nitrogen and oxygen atoms in total. The summed E-state index contributed by atoms with van der Waals surface area (Å²) in [6.45, 7) is 6.51. The molecule has 4 aromatic rings. The summed E-state index contributed by atoms with van der Waals surface area (Å²) < 4.78 is 18.8. The molecule has 0 amide bonds. The van der Waals surface area contributed by atoms with Crippen LogP contribution in [-0.4, -0.2) is 31.6 Å². The van der Waals surface area contributed by atoms with Crippen LogP contribution in [0.4, 0.5) is 0 Å². The zero-order valence-electron chi connectivity index (χ0n) is 17.9. The highest BCUT2D eigenvalue weighted by Crippen LogP contribution is 2.28. The highest BCUT2D eigenvalue weighted by molar-refractivity contribution is 7.98. The molecule has 32 heavy (non-hydrogen) atoms. The maximum atomic E-state index is 6.39. The van der Waals surface area contributed by atoms with Crippen LogP contribution < -0.4 is 9.47 Å². The van der Waals surface area contributed by atoms with Crippen molar-refractivity contribution in [2.45, 2.75) is 38.3 Å². The van der Waals surface area contributed by atoms with Gasteiger partial charge in [0, 0.05) is 11.9 Å². The van der Waals surface area contributed by atoms with Crippen LogP contribution in [0.2, 0.25) is 5.02 Å². The number of thioether (sulfide) groups is 1. The van der Waals surface area contributed by atoms with Gasteiger partial charge in [0.1, 0.15) is 18.1 Å². The van der Waals surface area contributed by atoms with Crippen LogP contribution in [0.15, 0.2) is 52.0 Å². The molecule has 0 saturated carbocycles. The second-order valence-corrected chi connectivity index (χ2v) is 8.21. The quantitative estimate of drug-likeness (QED) is 0.308. The smallest absolute Gasteiger partial charge is 0.226 e. The van der Waals surface area contributed by atoms with Gasteiger partial charge in [-0.25, -0.2) is 0 Å². The van der Waals surface area contributed by atoms with Crippen molar-refractivity contribution in [3.8, 4) is 17.2 Å². The van der Waals surface area contributed by atoms with Crippen molar-refractivity contribution >= 4 is 23.4 Å². The topological polar surface area (TPSA) is 88.1 Å². The minimum atomic E-state index is 0.229. The number of benzene rings is 2. The average molecular weight is 472 g/mol. The van der Waals surface area contributed by atoms with Gasteiger partial charge in [0.25, 0.3) is 0 Å². The third kappa shape index (κ3) is 5.23. The Morgan fingerprint density at radius 1 is 0.969 bits per heavy atom. The first-order valence-corrected chi connectivity index (χ1v) is 11.4. The molecule has 0 saturated heterocycles. The Kier molecular flexibility index (Phi) is 6.96. The fraction of sp³-hybridized carbons (Fsp3) is 0.273. The Hall–Kier alpha value is -3.04. The number of ether oxygens (including phenoxy) is 2. The molecule has 0 aliphatic rings. The van der Waals surface area contributed by atoms with Crippen molar-refractivity contribution in [2.24, 2.45) is 0 Å². The number of aryl methyl sites for hydroxylation is 2. The molecule has 2 aromatic carbocycles. The van der Waals surface area contributed by atoms with E-state index >= 15 is 0 Å². The van der Waals surface area contributed by atoms with E-state index in [2.05, 4.69) is 20.4 Å². The summed E-state index contributed by atoms with van der Waals surface area (Å²) in [7, 11) is 0. The van der Waals surface area contributed by atoms with Crippen LogP contribution in [0.25, 0.3) is 5.69 Å². The standard InChI is InChI=1S/C22H22ClN5O3S/c1-4-29-17-7-9-18(10-8-17)30-12-20-25-27-22(32-13-21-26-24-15(3)31-21)28(20)16-6-5-14(2)19(23)11-16/h5-11H,4,12-13H2,1-3H3. The summed E-state index contributed by atoms with van der Waals surface area (Å²) in [5.74, 6) is 3.67. The van der Waals surface area contributed by atoms with Crippen LogP contribution in [0.1, 0.15) is 30.1 Å². The van der Waals surface area contributed by atoms with Crippen LogP contribution in [0.5, 0.6) is 11.5 Å². The van der Waals surface area contributed by atoms with Gasteiger partial charge in [-0.2, -0.15) is 0 Å². The van der Waals surface area contributed by atoms with Gasteiger partial charge in [-0.05, 0) is 55.8 Å². The first-order valence-electron chi connectivity index (χ1n) is 10.0. The zero-order valence-corrected chi connectivity index (χ0v) is 19.5. The lowest BCUT2D eigenvalue weighted by Crippen LogP contribution is -2.07. The highest BCUT2D eigenvalue weighted by Gasteiger charge is 2.17. The summed E-state index contributed by atoms with van der Waals surface area (Å²) in [6.07, 6.45) is 0. The first kappa shape index (κ1) is 22.2. The maximum absolute atomic E-state index is 6.39. The molecule has 0 unspecified atom stereocenters. The molecule has 0 N–H and O–H groups in total. The number of hydrogen-bond acceptors (Lipinski definition) is 8. The van der Waals surface area contributed by atoms with E-state index in [4.69, 9.17) is 25.5 Å². The molecule has 166 valence electrons. The van der Waals surface area contributed by atoms with Crippen molar-refractivity contribution in [2.75, 3.05) is 6.61 Å². The van der Waals surface area contributed by atoms with Crippen molar-refractivity contribution in [1.29, 1.82) is 0 Å². The van der Waals surface area contributed by atoms with Gasteiger partial charge in [0.05, 0.1) is 18.0 Å². The van der Waals surface area contributed by atoms with Crippen LogP contribution in [0.3, 0.4) is 0 Å². The molecule has 0 aliphatic carbocycles. The zero-order chi connectivity index (χ0) is 22.5. The van der Waals surface area contributed by atoms with Gasteiger partial charge >= 0.3 is 0 Å². The third-order valence-electron chi connectivity index (χ3n) is 4.51. The maximum Gasteiger partial charge on any atom is 0.226 e. The number of nitrogens with zero attached hydrogens (tertiary/aromatic N) is 5.